The zero-order chi connectivity index (χ0) is 17.0. The number of fused-ring (bicyclic) bond motifs is 3. The Morgan fingerprint density at radius 3 is 3.00 bits per heavy atom. The minimum Gasteiger partial charge on any atom is -0.423 e. The average molecular weight is 353 g/mol. The van der Waals surface area contributed by atoms with Crippen molar-refractivity contribution in [3.63, 3.8) is 0 Å². The lowest BCUT2D eigenvalue weighted by Crippen LogP contribution is -2.40. The van der Waals surface area contributed by atoms with Crippen LogP contribution in [-0.2, 0) is 0 Å². The highest BCUT2D eigenvalue weighted by Crippen LogP contribution is 2.46. The zero-order valence-corrected chi connectivity index (χ0v) is 14.6. The molecule has 3 atom stereocenters. The molecule has 25 heavy (non-hydrogen) atoms. The maximum absolute atomic E-state index is 9.74. The van der Waals surface area contributed by atoms with E-state index in [0.29, 0.717) is 11.4 Å². The quantitative estimate of drug-likeness (QED) is 0.606. The Morgan fingerprint density at radius 2 is 2.12 bits per heavy atom. The lowest BCUT2D eigenvalue weighted by atomic mass is 9.71. The first kappa shape index (κ1) is 15.4. The van der Waals surface area contributed by atoms with Crippen LogP contribution in [0.3, 0.4) is 0 Å². The highest BCUT2D eigenvalue weighted by Gasteiger charge is 2.39. The van der Waals surface area contributed by atoms with Gasteiger partial charge in [-0.3, -0.25) is 0 Å². The molecule has 1 aromatic heterocycles. The first-order valence-corrected chi connectivity index (χ1v) is 9.75. The number of rotatable bonds is 2. The van der Waals surface area contributed by atoms with Crippen molar-refractivity contribution in [1.29, 1.82) is 0 Å². The first-order chi connectivity index (χ1) is 12.2. The van der Waals surface area contributed by atoms with E-state index in [1.54, 1.807) is 11.3 Å². The average Bonchev–Trinajstić information content (AvgIpc) is 3.29. The van der Waals surface area contributed by atoms with Crippen molar-refractivity contribution in [2.75, 3.05) is 0 Å². The van der Waals surface area contributed by atoms with Crippen LogP contribution in [-0.4, -0.2) is 29.4 Å². The lowest BCUT2D eigenvalue weighted by Gasteiger charge is -2.39. The van der Waals surface area contributed by atoms with Gasteiger partial charge in [-0.15, -0.1) is 11.3 Å². The fraction of sp³-hybridized carbons (Fsp3) is 0.389. The molecule has 4 aliphatic rings. The number of dihydropyridines is 1. The number of allylic oxidation sites excluding steroid dienone is 2. The Morgan fingerprint density at radius 1 is 1.24 bits per heavy atom. The standard InChI is InChI=1S/C18H20BN3O2S/c23-19(24)13-7-8-25-18(13)17-11-4-2-1-3-10(11)16-12-9-20-22-14(12)5-6-15(16)21-17/h5-9,12,14,17,21-24H,1-4H2. The van der Waals surface area contributed by atoms with Gasteiger partial charge in [0.15, 0.2) is 0 Å². The number of nitrogens with one attached hydrogen (secondary N) is 2. The van der Waals surface area contributed by atoms with Crippen molar-refractivity contribution in [3.05, 3.63) is 50.9 Å². The lowest BCUT2D eigenvalue weighted by molar-refractivity contribution is 0.425. The molecular weight excluding hydrogens is 333 g/mol. The van der Waals surface area contributed by atoms with Crippen molar-refractivity contribution in [3.8, 4) is 0 Å². The smallest absolute Gasteiger partial charge is 0.423 e. The fourth-order valence-electron chi connectivity index (χ4n) is 4.56. The van der Waals surface area contributed by atoms with Gasteiger partial charge in [-0.25, -0.2) is 0 Å². The van der Waals surface area contributed by atoms with E-state index in [4.69, 9.17) is 0 Å². The second-order valence-electron chi connectivity index (χ2n) is 7.05. The van der Waals surface area contributed by atoms with E-state index in [1.807, 2.05) is 17.7 Å². The van der Waals surface area contributed by atoms with Gasteiger partial charge in [0, 0.05) is 22.7 Å². The van der Waals surface area contributed by atoms with Gasteiger partial charge in [0.05, 0.1) is 12.1 Å². The molecule has 5 nitrogen and oxygen atoms in total. The fourth-order valence-corrected chi connectivity index (χ4v) is 5.57. The third-order valence-electron chi connectivity index (χ3n) is 5.69. The molecule has 128 valence electrons. The Bertz CT molecular complexity index is 839. The van der Waals surface area contributed by atoms with E-state index in [-0.39, 0.29) is 12.1 Å². The summed E-state index contributed by atoms with van der Waals surface area (Å²) in [5.74, 6) is 0.294. The topological polar surface area (TPSA) is 76.9 Å². The maximum atomic E-state index is 9.74. The monoisotopic (exact) mass is 353 g/mol. The van der Waals surface area contributed by atoms with E-state index in [2.05, 4.69) is 28.0 Å². The van der Waals surface area contributed by atoms with Gasteiger partial charge in [-0.1, -0.05) is 12.1 Å². The van der Waals surface area contributed by atoms with Crippen molar-refractivity contribution >= 4 is 30.1 Å². The molecule has 0 saturated carbocycles. The van der Waals surface area contributed by atoms with Gasteiger partial charge in [0.2, 0.25) is 0 Å². The van der Waals surface area contributed by atoms with Crippen LogP contribution in [0.15, 0.2) is 51.1 Å². The molecule has 0 radical (unpaired) electrons. The Hall–Kier alpha value is -1.83. The molecule has 0 fully saturated rings. The highest BCUT2D eigenvalue weighted by molar-refractivity contribution is 7.11. The number of thiophene rings is 1. The van der Waals surface area contributed by atoms with Crippen LogP contribution >= 0.6 is 11.3 Å². The summed E-state index contributed by atoms with van der Waals surface area (Å²) in [5.41, 5.74) is 9.23. The van der Waals surface area contributed by atoms with Gasteiger partial charge >= 0.3 is 7.12 Å². The van der Waals surface area contributed by atoms with E-state index in [1.165, 1.54) is 29.6 Å². The second-order valence-corrected chi connectivity index (χ2v) is 8.00. The van der Waals surface area contributed by atoms with Crippen LogP contribution in [0.5, 0.6) is 0 Å². The molecule has 5 rings (SSSR count). The third-order valence-corrected chi connectivity index (χ3v) is 6.69. The Balaban J connectivity index is 1.63. The highest BCUT2D eigenvalue weighted by atomic mass is 32.1. The van der Waals surface area contributed by atoms with Crippen molar-refractivity contribution in [2.24, 2.45) is 11.0 Å². The minimum absolute atomic E-state index is 0.0401. The summed E-state index contributed by atoms with van der Waals surface area (Å²) in [7, 11) is -1.43. The molecule has 3 unspecified atom stereocenters. The van der Waals surface area contributed by atoms with Crippen LogP contribution in [0.1, 0.15) is 36.6 Å². The van der Waals surface area contributed by atoms with Gasteiger partial charge in [0.25, 0.3) is 0 Å². The SMILES string of the molecule is OB(O)c1ccsc1C1NC2=C(C3=C1CCCC3)C1C=NNC1C=C2. The van der Waals surface area contributed by atoms with Gasteiger partial charge in [-0.2, -0.15) is 5.10 Å². The number of nitrogens with zero attached hydrogens (tertiary/aromatic N) is 1. The van der Waals surface area contributed by atoms with Gasteiger partial charge in [-0.05, 0) is 59.3 Å². The van der Waals surface area contributed by atoms with Crippen LogP contribution in [0.25, 0.3) is 0 Å². The molecule has 3 heterocycles. The van der Waals surface area contributed by atoms with Gasteiger partial charge < -0.3 is 20.8 Å². The maximum Gasteiger partial charge on any atom is 0.489 e. The van der Waals surface area contributed by atoms with E-state index in [9.17, 15) is 10.0 Å². The van der Waals surface area contributed by atoms with E-state index >= 15 is 0 Å². The Labute approximate surface area is 151 Å². The summed E-state index contributed by atoms with van der Waals surface area (Å²) in [6.07, 6.45) is 10.9. The van der Waals surface area contributed by atoms with Gasteiger partial charge in [0.1, 0.15) is 0 Å². The molecule has 7 heteroatoms. The normalized spacial score (nSPS) is 29.8. The number of hydrogen-bond donors (Lipinski definition) is 4. The molecule has 2 aliphatic heterocycles. The van der Waals surface area contributed by atoms with Crippen LogP contribution in [0.4, 0.5) is 0 Å². The molecule has 0 aromatic carbocycles. The summed E-state index contributed by atoms with van der Waals surface area (Å²) in [6, 6.07) is 2.11. The summed E-state index contributed by atoms with van der Waals surface area (Å²) < 4.78 is 0. The van der Waals surface area contributed by atoms with Crippen molar-refractivity contribution < 1.29 is 10.0 Å². The molecule has 0 bridgehead atoms. The predicted octanol–water partition coefficient (Wildman–Crippen LogP) is 1.34. The zero-order valence-electron chi connectivity index (χ0n) is 13.8. The largest absolute Gasteiger partial charge is 0.489 e. The first-order valence-electron chi connectivity index (χ1n) is 8.87. The molecule has 2 aliphatic carbocycles. The van der Waals surface area contributed by atoms with Crippen molar-refractivity contribution in [1.82, 2.24) is 10.7 Å². The third kappa shape index (κ3) is 2.33. The van der Waals surface area contributed by atoms with E-state index in [0.717, 1.165) is 23.4 Å². The summed E-state index contributed by atoms with van der Waals surface area (Å²) in [4.78, 5) is 1.02. The molecule has 0 saturated heterocycles. The number of hydrogen-bond acceptors (Lipinski definition) is 6. The van der Waals surface area contributed by atoms with Crippen LogP contribution in [0.2, 0.25) is 0 Å². The molecule has 1 aromatic rings. The Kier molecular flexibility index (Phi) is 3.62. The molecule has 0 amide bonds. The summed E-state index contributed by atoms with van der Waals surface area (Å²) in [6.45, 7) is 0. The molecule has 4 N–H and O–H groups in total. The number of hydrazone groups is 1. The van der Waals surface area contributed by atoms with Crippen LogP contribution in [0, 0.1) is 5.92 Å². The van der Waals surface area contributed by atoms with E-state index < -0.39 is 7.12 Å². The summed E-state index contributed by atoms with van der Waals surface area (Å²) in [5, 5.41) is 29.4. The second kappa shape index (κ2) is 5.86. The summed E-state index contributed by atoms with van der Waals surface area (Å²) >= 11 is 1.60. The van der Waals surface area contributed by atoms with Crippen LogP contribution < -0.4 is 16.2 Å². The molecular formula is C18H20BN3O2S. The molecule has 0 spiro atoms. The predicted molar refractivity (Wildman–Crippen MR) is 101 cm³/mol. The van der Waals surface area contributed by atoms with Crippen molar-refractivity contribution in [2.45, 2.75) is 37.8 Å². The minimum atomic E-state index is -1.43.